The van der Waals surface area contributed by atoms with Gasteiger partial charge in [-0.15, -0.1) is 13.2 Å². The number of benzene rings is 1. The maximum absolute atomic E-state index is 11.7. The van der Waals surface area contributed by atoms with Crippen molar-refractivity contribution in [2.45, 2.75) is 13.0 Å². The molecule has 0 radical (unpaired) electrons. The summed E-state index contributed by atoms with van der Waals surface area (Å²) in [6.07, 6.45) is 3.74. The van der Waals surface area contributed by atoms with Crippen LogP contribution in [0.2, 0.25) is 0 Å². The Kier molecular flexibility index (Phi) is 5.06. The first-order chi connectivity index (χ1) is 7.77. The minimum absolute atomic E-state index is 0.0822. The molecule has 2 nitrogen and oxygen atoms in total. The molecule has 0 aliphatic rings. The molecule has 0 aliphatic carbocycles. The molecule has 0 unspecified atom stereocenters. The van der Waals surface area contributed by atoms with Gasteiger partial charge in [0.25, 0.3) is 0 Å². The van der Waals surface area contributed by atoms with Crippen LogP contribution in [0.5, 0.6) is 0 Å². The van der Waals surface area contributed by atoms with Gasteiger partial charge in [-0.05, 0) is 5.56 Å². The molecular weight excluding hydrogens is 198 g/mol. The summed E-state index contributed by atoms with van der Waals surface area (Å²) >= 11 is 0. The quantitative estimate of drug-likeness (QED) is 0.668. The van der Waals surface area contributed by atoms with Crippen LogP contribution < -0.4 is 0 Å². The zero-order chi connectivity index (χ0) is 11.8. The molecule has 1 amide bonds. The van der Waals surface area contributed by atoms with Crippen molar-refractivity contribution in [2.75, 3.05) is 6.54 Å². The third-order valence-corrected chi connectivity index (χ3v) is 2.24. The van der Waals surface area contributed by atoms with Crippen LogP contribution in [-0.4, -0.2) is 17.4 Å². The number of hydrogen-bond donors (Lipinski definition) is 0. The standard InChI is InChI=1S/C14H17NO/c1-3-8-14(16)15(11-4-2)12-13-9-6-5-7-10-13/h3-7,9-10H,1-2,8,11-12H2. The normalized spacial score (nSPS) is 9.50. The topological polar surface area (TPSA) is 20.3 Å². The molecule has 1 aromatic carbocycles. The highest BCUT2D eigenvalue weighted by Crippen LogP contribution is 2.06. The molecule has 16 heavy (non-hydrogen) atoms. The average molecular weight is 215 g/mol. The third kappa shape index (κ3) is 3.73. The molecule has 0 aliphatic heterocycles. The lowest BCUT2D eigenvalue weighted by Gasteiger charge is -2.20. The van der Waals surface area contributed by atoms with Crippen LogP contribution in [0.3, 0.4) is 0 Å². The molecular formula is C14H17NO. The van der Waals surface area contributed by atoms with Gasteiger partial charge < -0.3 is 4.90 Å². The zero-order valence-electron chi connectivity index (χ0n) is 9.43. The summed E-state index contributed by atoms with van der Waals surface area (Å²) < 4.78 is 0. The van der Waals surface area contributed by atoms with E-state index in [-0.39, 0.29) is 5.91 Å². The van der Waals surface area contributed by atoms with Gasteiger partial charge in [0.2, 0.25) is 5.91 Å². The van der Waals surface area contributed by atoms with Crippen molar-refractivity contribution < 1.29 is 4.79 Å². The van der Waals surface area contributed by atoms with Crippen LogP contribution in [-0.2, 0) is 11.3 Å². The third-order valence-electron chi connectivity index (χ3n) is 2.24. The molecule has 0 fully saturated rings. The van der Waals surface area contributed by atoms with E-state index in [1.54, 1.807) is 17.1 Å². The van der Waals surface area contributed by atoms with Crippen molar-refractivity contribution in [3.63, 3.8) is 0 Å². The van der Waals surface area contributed by atoms with Crippen LogP contribution >= 0.6 is 0 Å². The lowest BCUT2D eigenvalue weighted by atomic mass is 10.2. The highest BCUT2D eigenvalue weighted by molar-refractivity contribution is 5.77. The van der Waals surface area contributed by atoms with Gasteiger partial charge in [-0.25, -0.2) is 0 Å². The maximum atomic E-state index is 11.7. The highest BCUT2D eigenvalue weighted by atomic mass is 16.2. The monoisotopic (exact) mass is 215 g/mol. The summed E-state index contributed by atoms with van der Waals surface area (Å²) in [7, 11) is 0. The summed E-state index contributed by atoms with van der Waals surface area (Å²) in [5.74, 6) is 0.0822. The van der Waals surface area contributed by atoms with Gasteiger partial charge in [-0.2, -0.15) is 0 Å². The van der Waals surface area contributed by atoms with Crippen LogP contribution in [0.4, 0.5) is 0 Å². The molecule has 0 N–H and O–H groups in total. The van der Waals surface area contributed by atoms with Crippen molar-refractivity contribution in [3.05, 3.63) is 61.2 Å². The number of hydrogen-bond acceptors (Lipinski definition) is 1. The van der Waals surface area contributed by atoms with Gasteiger partial charge in [0.05, 0.1) is 0 Å². The van der Waals surface area contributed by atoms with Crippen LogP contribution in [0.1, 0.15) is 12.0 Å². The Morgan fingerprint density at radius 1 is 1.19 bits per heavy atom. The number of rotatable bonds is 6. The van der Waals surface area contributed by atoms with E-state index in [0.717, 1.165) is 5.56 Å². The molecule has 0 heterocycles. The van der Waals surface area contributed by atoms with Gasteiger partial charge in [0.15, 0.2) is 0 Å². The van der Waals surface area contributed by atoms with Crippen LogP contribution in [0, 0.1) is 0 Å². The van der Waals surface area contributed by atoms with Crippen molar-refractivity contribution in [3.8, 4) is 0 Å². The van der Waals surface area contributed by atoms with E-state index < -0.39 is 0 Å². The minimum atomic E-state index is 0.0822. The SMILES string of the molecule is C=CCC(=O)N(CC=C)Cc1ccccc1. The summed E-state index contributed by atoms with van der Waals surface area (Å²) in [5, 5.41) is 0. The Balaban J connectivity index is 2.67. The van der Waals surface area contributed by atoms with Crippen molar-refractivity contribution >= 4 is 5.91 Å². The molecule has 0 saturated carbocycles. The Labute approximate surface area is 96.9 Å². The van der Waals surface area contributed by atoms with Crippen molar-refractivity contribution in [1.82, 2.24) is 4.90 Å². The van der Waals surface area contributed by atoms with Crippen LogP contribution in [0.15, 0.2) is 55.6 Å². The Morgan fingerprint density at radius 2 is 1.88 bits per heavy atom. The lowest BCUT2D eigenvalue weighted by molar-refractivity contribution is -0.130. The summed E-state index contributed by atoms with van der Waals surface area (Å²) in [5.41, 5.74) is 1.13. The van der Waals surface area contributed by atoms with Gasteiger partial charge in [0.1, 0.15) is 0 Å². The van der Waals surface area contributed by atoms with E-state index >= 15 is 0 Å². The van der Waals surface area contributed by atoms with Crippen molar-refractivity contribution in [2.24, 2.45) is 0 Å². The Morgan fingerprint density at radius 3 is 2.44 bits per heavy atom. The summed E-state index contributed by atoms with van der Waals surface area (Å²) in [6, 6.07) is 9.93. The largest absolute Gasteiger partial charge is 0.334 e. The zero-order valence-corrected chi connectivity index (χ0v) is 9.43. The molecule has 0 aromatic heterocycles. The minimum Gasteiger partial charge on any atom is -0.334 e. The van der Waals surface area contributed by atoms with Gasteiger partial charge in [-0.3, -0.25) is 4.79 Å². The molecule has 1 aromatic rings. The fourth-order valence-corrected chi connectivity index (χ4v) is 1.47. The summed E-state index contributed by atoms with van der Waals surface area (Å²) in [4.78, 5) is 13.5. The first kappa shape index (κ1) is 12.2. The van der Waals surface area contributed by atoms with Crippen LogP contribution in [0.25, 0.3) is 0 Å². The molecule has 1 rings (SSSR count). The second-order valence-corrected chi connectivity index (χ2v) is 3.54. The second kappa shape index (κ2) is 6.62. The number of carbonyl (C=O) groups excluding carboxylic acids is 1. The van der Waals surface area contributed by atoms with E-state index in [0.29, 0.717) is 19.5 Å². The Bertz CT molecular complexity index is 356. The Hall–Kier alpha value is -1.83. The van der Waals surface area contributed by atoms with E-state index in [1.807, 2.05) is 30.3 Å². The highest BCUT2D eigenvalue weighted by Gasteiger charge is 2.10. The van der Waals surface area contributed by atoms with E-state index in [1.165, 1.54) is 0 Å². The predicted octanol–water partition coefficient (Wildman–Crippen LogP) is 2.78. The number of carbonyl (C=O) groups is 1. The fraction of sp³-hybridized carbons (Fsp3) is 0.214. The van der Waals surface area contributed by atoms with Gasteiger partial charge in [0, 0.05) is 19.5 Å². The van der Waals surface area contributed by atoms with Gasteiger partial charge >= 0.3 is 0 Å². The summed E-state index contributed by atoms with van der Waals surface area (Å²) in [6.45, 7) is 8.44. The van der Waals surface area contributed by atoms with E-state index in [2.05, 4.69) is 13.2 Å². The van der Waals surface area contributed by atoms with Gasteiger partial charge in [-0.1, -0.05) is 42.5 Å². The lowest BCUT2D eigenvalue weighted by Crippen LogP contribution is -2.30. The smallest absolute Gasteiger partial charge is 0.226 e. The molecule has 2 heteroatoms. The molecule has 0 saturated heterocycles. The van der Waals surface area contributed by atoms with E-state index in [4.69, 9.17) is 0 Å². The molecule has 0 atom stereocenters. The first-order valence-corrected chi connectivity index (χ1v) is 5.31. The number of amides is 1. The average Bonchev–Trinajstić information content (AvgIpc) is 2.30. The second-order valence-electron chi connectivity index (χ2n) is 3.54. The molecule has 0 bridgehead atoms. The van der Waals surface area contributed by atoms with E-state index in [9.17, 15) is 4.79 Å². The maximum Gasteiger partial charge on any atom is 0.226 e. The fourth-order valence-electron chi connectivity index (χ4n) is 1.47. The predicted molar refractivity (Wildman–Crippen MR) is 66.9 cm³/mol. The first-order valence-electron chi connectivity index (χ1n) is 5.31. The van der Waals surface area contributed by atoms with Crippen molar-refractivity contribution in [1.29, 1.82) is 0 Å². The molecule has 84 valence electrons. The molecule has 0 spiro atoms. The number of nitrogens with zero attached hydrogens (tertiary/aromatic N) is 1.